The molecule has 1 aromatic carbocycles. The molecule has 27 heavy (non-hydrogen) atoms. The average Bonchev–Trinajstić information content (AvgIpc) is 3.01. The lowest BCUT2D eigenvalue weighted by Crippen LogP contribution is -2.17. The molecule has 0 aliphatic heterocycles. The molecule has 0 saturated carbocycles. The van der Waals surface area contributed by atoms with Crippen LogP contribution in [0.3, 0.4) is 0 Å². The maximum atomic E-state index is 12.8. The topological polar surface area (TPSA) is 103 Å². The summed E-state index contributed by atoms with van der Waals surface area (Å²) >= 11 is 0. The number of carbonyl (C=O) groups excluding carboxylic acids is 1. The van der Waals surface area contributed by atoms with E-state index in [2.05, 4.69) is 19.5 Å². The molecule has 2 heterocycles. The summed E-state index contributed by atoms with van der Waals surface area (Å²) in [6, 6.07) is 12.0. The van der Waals surface area contributed by atoms with Gasteiger partial charge in [0.05, 0.1) is 29.7 Å². The summed E-state index contributed by atoms with van der Waals surface area (Å²) < 4.78 is 34.3. The summed E-state index contributed by atoms with van der Waals surface area (Å²) in [4.78, 5) is 15.7. The number of esters is 1. The minimum absolute atomic E-state index is 0.0909. The molecule has 9 heteroatoms. The summed E-state index contributed by atoms with van der Waals surface area (Å²) in [6.07, 6.45) is 1.19. The van der Waals surface area contributed by atoms with Gasteiger partial charge in [-0.1, -0.05) is 18.2 Å². The van der Waals surface area contributed by atoms with E-state index in [0.717, 1.165) is 0 Å². The molecule has 1 N–H and O–H groups in total. The van der Waals surface area contributed by atoms with E-state index in [9.17, 15) is 13.2 Å². The van der Waals surface area contributed by atoms with Gasteiger partial charge in [0.15, 0.2) is 0 Å². The predicted molar refractivity (Wildman–Crippen MR) is 99.4 cm³/mol. The highest BCUT2D eigenvalue weighted by atomic mass is 32.2. The lowest BCUT2D eigenvalue weighted by molar-refractivity contribution is 0.0599. The molecule has 0 unspecified atom stereocenters. The number of nitrogens with one attached hydrogen (secondary N) is 1. The van der Waals surface area contributed by atoms with Gasteiger partial charge in [0.1, 0.15) is 10.7 Å². The fraction of sp³-hybridized carbons (Fsp3) is 0.167. The fourth-order valence-electron chi connectivity index (χ4n) is 2.51. The number of ether oxygens (including phenoxy) is 1. The van der Waals surface area contributed by atoms with Crippen molar-refractivity contribution in [3.63, 3.8) is 0 Å². The maximum absolute atomic E-state index is 12.8. The van der Waals surface area contributed by atoms with Gasteiger partial charge in [-0.25, -0.2) is 17.9 Å². The molecule has 3 aromatic rings. The number of nitrogens with zero attached hydrogens (tertiary/aromatic N) is 3. The van der Waals surface area contributed by atoms with Crippen molar-refractivity contribution in [2.75, 3.05) is 11.8 Å². The highest BCUT2D eigenvalue weighted by Gasteiger charge is 2.21. The van der Waals surface area contributed by atoms with E-state index in [1.165, 1.54) is 24.1 Å². The van der Waals surface area contributed by atoms with Crippen LogP contribution in [-0.2, 0) is 14.8 Å². The molecular formula is C18H18N4O4S. The molecule has 0 fully saturated rings. The van der Waals surface area contributed by atoms with Crippen molar-refractivity contribution in [1.82, 2.24) is 14.8 Å². The van der Waals surface area contributed by atoms with Crippen LogP contribution in [0, 0.1) is 13.8 Å². The van der Waals surface area contributed by atoms with Crippen LogP contribution in [0.1, 0.15) is 21.7 Å². The molecule has 0 saturated heterocycles. The van der Waals surface area contributed by atoms with E-state index in [-0.39, 0.29) is 16.3 Å². The van der Waals surface area contributed by atoms with Gasteiger partial charge >= 0.3 is 5.97 Å². The Morgan fingerprint density at radius 1 is 1.15 bits per heavy atom. The number of pyridine rings is 1. The van der Waals surface area contributed by atoms with Gasteiger partial charge in [-0.3, -0.25) is 9.71 Å². The second-order valence-electron chi connectivity index (χ2n) is 5.82. The minimum atomic E-state index is -3.99. The van der Waals surface area contributed by atoms with Gasteiger partial charge in [-0.05, 0) is 32.0 Å². The molecule has 0 radical (unpaired) electrons. The molecule has 0 aliphatic rings. The van der Waals surface area contributed by atoms with Crippen LogP contribution in [-0.4, -0.2) is 36.3 Å². The summed E-state index contributed by atoms with van der Waals surface area (Å²) in [7, 11) is -2.77. The van der Waals surface area contributed by atoms with Crippen LogP contribution in [0.15, 0.2) is 53.6 Å². The number of sulfonamides is 1. The standard InChI is InChI=1S/C18H18N4O4S/c1-12-9-17(22(20-12)14-7-5-4-6-8-14)21-27(24,25)15-10-16(18(23)26-3)13(2)19-11-15/h4-11,21H,1-3H3. The third-order valence-corrected chi connectivity index (χ3v) is 5.17. The van der Waals surface area contributed by atoms with E-state index in [1.54, 1.807) is 19.9 Å². The Balaban J connectivity index is 2.00. The quantitative estimate of drug-likeness (QED) is 0.676. The highest BCUT2D eigenvalue weighted by molar-refractivity contribution is 7.92. The van der Waals surface area contributed by atoms with Crippen LogP contribution in [0.25, 0.3) is 5.69 Å². The van der Waals surface area contributed by atoms with Crippen molar-refractivity contribution in [2.24, 2.45) is 0 Å². The Bertz CT molecular complexity index is 1090. The first kappa shape index (κ1) is 18.6. The Labute approximate surface area is 156 Å². The number of benzene rings is 1. The molecule has 140 valence electrons. The van der Waals surface area contributed by atoms with E-state index in [1.807, 2.05) is 30.3 Å². The molecule has 0 bridgehead atoms. The van der Waals surface area contributed by atoms with Crippen LogP contribution in [0.5, 0.6) is 0 Å². The zero-order valence-corrected chi connectivity index (χ0v) is 15.8. The van der Waals surface area contributed by atoms with Crippen molar-refractivity contribution in [3.8, 4) is 5.69 Å². The Morgan fingerprint density at radius 3 is 2.52 bits per heavy atom. The molecule has 0 aliphatic carbocycles. The predicted octanol–water partition coefficient (Wildman–Crippen LogP) is 2.47. The Hall–Kier alpha value is -3.20. The molecule has 0 amide bonds. The minimum Gasteiger partial charge on any atom is -0.465 e. The third-order valence-electron chi connectivity index (χ3n) is 3.85. The first-order valence-corrected chi connectivity index (χ1v) is 9.50. The van der Waals surface area contributed by atoms with Gasteiger partial charge in [-0.2, -0.15) is 5.10 Å². The molecular weight excluding hydrogens is 368 g/mol. The van der Waals surface area contributed by atoms with Crippen molar-refractivity contribution >= 4 is 21.8 Å². The maximum Gasteiger partial charge on any atom is 0.339 e. The van der Waals surface area contributed by atoms with Crippen molar-refractivity contribution < 1.29 is 17.9 Å². The summed E-state index contributed by atoms with van der Waals surface area (Å²) in [5.41, 5.74) is 1.83. The van der Waals surface area contributed by atoms with Gasteiger partial charge in [0.25, 0.3) is 10.0 Å². The Kier molecular flexibility index (Phi) is 4.95. The number of para-hydroxylation sites is 1. The number of aromatic nitrogens is 3. The SMILES string of the molecule is COC(=O)c1cc(S(=O)(=O)Nc2cc(C)nn2-c2ccccc2)cnc1C. The highest BCUT2D eigenvalue weighted by Crippen LogP contribution is 2.22. The fourth-order valence-corrected chi connectivity index (χ4v) is 3.52. The average molecular weight is 386 g/mol. The van der Waals surface area contributed by atoms with Gasteiger partial charge in [0, 0.05) is 12.3 Å². The molecule has 0 atom stereocenters. The Morgan fingerprint density at radius 2 is 1.85 bits per heavy atom. The van der Waals surface area contributed by atoms with Crippen LogP contribution in [0.2, 0.25) is 0 Å². The second kappa shape index (κ2) is 7.20. The molecule has 0 spiro atoms. The number of carbonyl (C=O) groups is 1. The zero-order valence-electron chi connectivity index (χ0n) is 15.0. The summed E-state index contributed by atoms with van der Waals surface area (Å²) in [5, 5.41) is 4.33. The first-order valence-electron chi connectivity index (χ1n) is 8.01. The largest absolute Gasteiger partial charge is 0.465 e. The zero-order chi connectivity index (χ0) is 19.6. The van der Waals surface area contributed by atoms with Crippen molar-refractivity contribution in [2.45, 2.75) is 18.7 Å². The van der Waals surface area contributed by atoms with Crippen molar-refractivity contribution in [3.05, 3.63) is 65.6 Å². The smallest absolute Gasteiger partial charge is 0.339 e. The van der Waals surface area contributed by atoms with Gasteiger partial charge < -0.3 is 4.74 Å². The third kappa shape index (κ3) is 3.82. The van der Waals surface area contributed by atoms with Crippen LogP contribution < -0.4 is 4.72 Å². The van der Waals surface area contributed by atoms with Gasteiger partial charge in [0.2, 0.25) is 0 Å². The number of anilines is 1. The van der Waals surface area contributed by atoms with E-state index in [0.29, 0.717) is 17.1 Å². The number of hydrogen-bond donors (Lipinski definition) is 1. The molecule has 2 aromatic heterocycles. The number of rotatable bonds is 5. The normalized spacial score (nSPS) is 11.2. The summed E-state index contributed by atoms with van der Waals surface area (Å²) in [5.74, 6) is -0.374. The van der Waals surface area contributed by atoms with E-state index >= 15 is 0 Å². The molecule has 3 rings (SSSR count). The van der Waals surface area contributed by atoms with E-state index in [4.69, 9.17) is 0 Å². The lowest BCUT2D eigenvalue weighted by atomic mass is 10.2. The lowest BCUT2D eigenvalue weighted by Gasteiger charge is -2.11. The second-order valence-corrected chi connectivity index (χ2v) is 7.50. The molecule has 8 nitrogen and oxygen atoms in total. The van der Waals surface area contributed by atoms with Crippen LogP contribution in [0.4, 0.5) is 5.82 Å². The van der Waals surface area contributed by atoms with Gasteiger partial charge in [-0.15, -0.1) is 0 Å². The van der Waals surface area contributed by atoms with Crippen molar-refractivity contribution in [1.29, 1.82) is 0 Å². The monoisotopic (exact) mass is 386 g/mol. The number of aryl methyl sites for hydroxylation is 2. The summed E-state index contributed by atoms with van der Waals surface area (Å²) in [6.45, 7) is 3.37. The number of hydrogen-bond acceptors (Lipinski definition) is 6. The number of methoxy groups -OCH3 is 1. The van der Waals surface area contributed by atoms with E-state index < -0.39 is 16.0 Å². The first-order chi connectivity index (χ1) is 12.8. The van der Waals surface area contributed by atoms with Crippen LogP contribution >= 0.6 is 0 Å².